The third-order valence-electron chi connectivity index (χ3n) is 7.28. The second kappa shape index (κ2) is 10.9. The van der Waals surface area contributed by atoms with Gasteiger partial charge >= 0.3 is 12.1 Å². The molecule has 2 aliphatic rings. The number of hydrogen-bond donors (Lipinski definition) is 2. The first-order valence-corrected chi connectivity index (χ1v) is 12.5. The van der Waals surface area contributed by atoms with Crippen LogP contribution >= 0.6 is 0 Å². The van der Waals surface area contributed by atoms with Gasteiger partial charge in [-0.15, -0.1) is 0 Å². The van der Waals surface area contributed by atoms with Gasteiger partial charge in [0.1, 0.15) is 6.61 Å². The van der Waals surface area contributed by atoms with Gasteiger partial charge in [0.25, 0.3) is 0 Å². The van der Waals surface area contributed by atoms with E-state index in [0.29, 0.717) is 19.3 Å². The van der Waals surface area contributed by atoms with Crippen molar-refractivity contribution in [2.45, 2.75) is 64.0 Å². The molecule has 2 N–H and O–H groups in total. The van der Waals surface area contributed by atoms with Crippen LogP contribution in [0.3, 0.4) is 0 Å². The molecular weight excluding hydrogens is 444 g/mol. The highest BCUT2D eigenvalue weighted by atomic mass is 16.5. The summed E-state index contributed by atoms with van der Waals surface area (Å²) in [5, 5.41) is 12.3. The molecule has 1 heterocycles. The average Bonchev–Trinajstić information content (AvgIpc) is 3.16. The maximum Gasteiger partial charge on any atom is 0.407 e. The van der Waals surface area contributed by atoms with Crippen molar-refractivity contribution in [1.82, 2.24) is 10.2 Å². The standard InChI is InChI=1S/C28H34N2O5/c1-3-8-20(15-26(31)30-16-19(27(32)33)14-13-18(30)2)29-28(34)35-17-25-23-11-6-4-9-21(23)22-10-5-7-12-24(22)25/h4-7,9-12,18-20,25H,3,8,13-17H2,1-2H3,(H,29,34)(H,32,33)/t18?,19?,20-/m0/s1. The van der Waals surface area contributed by atoms with Gasteiger partial charge in [0.2, 0.25) is 5.91 Å². The summed E-state index contributed by atoms with van der Waals surface area (Å²) in [5.74, 6) is -1.55. The number of nitrogens with one attached hydrogen (secondary N) is 1. The van der Waals surface area contributed by atoms with Gasteiger partial charge in [-0.1, -0.05) is 61.9 Å². The van der Waals surface area contributed by atoms with Gasteiger partial charge in [0.05, 0.1) is 5.92 Å². The number of ether oxygens (including phenoxy) is 1. The topological polar surface area (TPSA) is 95.9 Å². The number of piperidine rings is 1. The fraction of sp³-hybridized carbons (Fsp3) is 0.464. The smallest absolute Gasteiger partial charge is 0.407 e. The number of hydrogen-bond acceptors (Lipinski definition) is 4. The highest BCUT2D eigenvalue weighted by Crippen LogP contribution is 2.44. The van der Waals surface area contributed by atoms with Crippen molar-refractivity contribution in [2.75, 3.05) is 13.2 Å². The van der Waals surface area contributed by atoms with Crippen molar-refractivity contribution in [2.24, 2.45) is 5.92 Å². The number of carboxylic acids is 1. The van der Waals surface area contributed by atoms with Crippen molar-refractivity contribution in [3.63, 3.8) is 0 Å². The number of fused-ring (bicyclic) bond motifs is 3. The van der Waals surface area contributed by atoms with E-state index in [1.807, 2.05) is 38.1 Å². The van der Waals surface area contributed by atoms with Crippen LogP contribution < -0.4 is 5.32 Å². The van der Waals surface area contributed by atoms with E-state index in [4.69, 9.17) is 4.74 Å². The number of likely N-dealkylation sites (tertiary alicyclic amines) is 1. The summed E-state index contributed by atoms with van der Waals surface area (Å²) >= 11 is 0. The molecule has 2 aromatic carbocycles. The summed E-state index contributed by atoms with van der Waals surface area (Å²) in [7, 11) is 0. The van der Waals surface area contributed by atoms with E-state index >= 15 is 0 Å². The number of carbonyl (C=O) groups is 3. The molecule has 0 bridgehead atoms. The van der Waals surface area contributed by atoms with Crippen molar-refractivity contribution in [3.8, 4) is 11.1 Å². The zero-order valence-corrected chi connectivity index (χ0v) is 20.4. The molecule has 7 nitrogen and oxygen atoms in total. The van der Waals surface area contributed by atoms with Crippen LogP contribution in [0.15, 0.2) is 48.5 Å². The number of alkyl carbamates (subject to hydrolysis) is 1. The Balaban J connectivity index is 1.36. The molecular formula is C28H34N2O5. The van der Waals surface area contributed by atoms with E-state index in [1.165, 1.54) is 11.1 Å². The first kappa shape index (κ1) is 24.8. The second-order valence-electron chi connectivity index (χ2n) is 9.67. The van der Waals surface area contributed by atoms with Crippen molar-refractivity contribution in [1.29, 1.82) is 0 Å². The summed E-state index contributed by atoms with van der Waals surface area (Å²) in [5.41, 5.74) is 4.63. The maximum atomic E-state index is 13.0. The van der Waals surface area contributed by atoms with Crippen LogP contribution in [0.4, 0.5) is 4.79 Å². The zero-order valence-electron chi connectivity index (χ0n) is 20.4. The predicted octanol–water partition coefficient (Wildman–Crippen LogP) is 4.80. The number of amides is 2. The van der Waals surface area contributed by atoms with Crippen LogP contribution in [0.25, 0.3) is 11.1 Å². The van der Waals surface area contributed by atoms with Crippen molar-refractivity contribution in [3.05, 3.63) is 59.7 Å². The summed E-state index contributed by atoms with van der Waals surface area (Å²) < 4.78 is 5.66. The van der Waals surface area contributed by atoms with E-state index in [1.54, 1.807) is 4.90 Å². The van der Waals surface area contributed by atoms with E-state index in [2.05, 4.69) is 29.6 Å². The van der Waals surface area contributed by atoms with Crippen LogP contribution in [0.2, 0.25) is 0 Å². The van der Waals surface area contributed by atoms with Gasteiger partial charge in [-0.3, -0.25) is 9.59 Å². The van der Waals surface area contributed by atoms with Gasteiger partial charge in [-0.25, -0.2) is 4.79 Å². The third kappa shape index (κ3) is 5.50. The molecule has 0 spiro atoms. The summed E-state index contributed by atoms with van der Waals surface area (Å²) in [6, 6.07) is 16.0. The molecule has 4 rings (SSSR count). The highest BCUT2D eigenvalue weighted by Gasteiger charge is 2.34. The molecule has 1 aliphatic carbocycles. The Hall–Kier alpha value is -3.35. The fourth-order valence-electron chi connectivity index (χ4n) is 5.36. The van der Waals surface area contributed by atoms with Crippen LogP contribution in [-0.4, -0.2) is 53.2 Å². The first-order valence-electron chi connectivity index (χ1n) is 12.5. The third-order valence-corrected chi connectivity index (χ3v) is 7.28. The molecule has 1 saturated heterocycles. The summed E-state index contributed by atoms with van der Waals surface area (Å²) in [6.45, 7) is 4.39. The molecule has 2 unspecified atom stereocenters. The van der Waals surface area contributed by atoms with E-state index in [-0.39, 0.29) is 43.5 Å². The molecule has 1 fully saturated rings. The molecule has 7 heteroatoms. The molecule has 2 amide bonds. The van der Waals surface area contributed by atoms with Crippen molar-refractivity contribution < 1.29 is 24.2 Å². The molecule has 3 atom stereocenters. The Bertz CT molecular complexity index is 1040. The molecule has 186 valence electrons. The van der Waals surface area contributed by atoms with Crippen LogP contribution in [0, 0.1) is 5.92 Å². The fourth-order valence-corrected chi connectivity index (χ4v) is 5.36. The van der Waals surface area contributed by atoms with E-state index in [0.717, 1.165) is 17.5 Å². The predicted molar refractivity (Wildman–Crippen MR) is 133 cm³/mol. The lowest BCUT2D eigenvalue weighted by Crippen LogP contribution is -2.49. The molecule has 35 heavy (non-hydrogen) atoms. The van der Waals surface area contributed by atoms with Gasteiger partial charge < -0.3 is 20.1 Å². The summed E-state index contributed by atoms with van der Waals surface area (Å²) in [6.07, 6.45) is 2.29. The van der Waals surface area contributed by atoms with Crippen LogP contribution in [0.5, 0.6) is 0 Å². The Morgan fingerprint density at radius 2 is 1.69 bits per heavy atom. The minimum atomic E-state index is -0.864. The minimum Gasteiger partial charge on any atom is -0.481 e. The number of rotatable bonds is 8. The number of carbonyl (C=O) groups excluding carboxylic acids is 2. The van der Waals surface area contributed by atoms with Crippen molar-refractivity contribution >= 4 is 18.0 Å². The lowest BCUT2D eigenvalue weighted by molar-refractivity contribution is -0.147. The minimum absolute atomic E-state index is 0.00479. The normalized spacial score (nSPS) is 20.0. The van der Waals surface area contributed by atoms with E-state index in [9.17, 15) is 19.5 Å². The first-order chi connectivity index (χ1) is 16.9. The number of benzene rings is 2. The second-order valence-corrected chi connectivity index (χ2v) is 9.67. The van der Waals surface area contributed by atoms with Crippen LogP contribution in [0.1, 0.15) is 63.0 Å². The molecule has 1 aliphatic heterocycles. The largest absolute Gasteiger partial charge is 0.481 e. The zero-order chi connectivity index (χ0) is 24.9. The quantitative estimate of drug-likeness (QED) is 0.568. The Morgan fingerprint density at radius 3 is 2.29 bits per heavy atom. The van der Waals surface area contributed by atoms with Crippen LogP contribution in [-0.2, 0) is 14.3 Å². The lowest BCUT2D eigenvalue weighted by Gasteiger charge is -2.37. The summed E-state index contributed by atoms with van der Waals surface area (Å²) in [4.78, 5) is 38.8. The average molecular weight is 479 g/mol. The molecule has 0 saturated carbocycles. The number of aliphatic carboxylic acids is 1. The Kier molecular flexibility index (Phi) is 7.73. The Labute approximate surface area is 206 Å². The monoisotopic (exact) mass is 478 g/mol. The molecule has 0 aromatic heterocycles. The maximum absolute atomic E-state index is 13.0. The van der Waals surface area contributed by atoms with Gasteiger partial charge in [0, 0.05) is 31.0 Å². The molecule has 2 aromatic rings. The van der Waals surface area contributed by atoms with Gasteiger partial charge in [0.15, 0.2) is 0 Å². The Morgan fingerprint density at radius 1 is 1.06 bits per heavy atom. The number of carboxylic acid groups (broad SMARTS) is 1. The lowest BCUT2D eigenvalue weighted by atomic mass is 9.93. The highest BCUT2D eigenvalue weighted by molar-refractivity contribution is 5.80. The van der Waals surface area contributed by atoms with E-state index < -0.39 is 18.0 Å². The SMILES string of the molecule is CCC[C@@H](CC(=O)N1CC(C(=O)O)CCC1C)NC(=O)OCC1c2ccccc2-c2ccccc21. The van der Waals surface area contributed by atoms with Gasteiger partial charge in [-0.05, 0) is 48.4 Å². The number of nitrogens with zero attached hydrogens (tertiary/aromatic N) is 1. The van der Waals surface area contributed by atoms with Gasteiger partial charge in [-0.2, -0.15) is 0 Å². The molecule has 0 radical (unpaired) electrons.